The fourth-order valence-electron chi connectivity index (χ4n) is 0.735. The molecule has 1 heterocycles. The van der Waals surface area contributed by atoms with E-state index in [1.165, 1.54) is 11.0 Å². The van der Waals surface area contributed by atoms with Crippen molar-refractivity contribution in [2.45, 2.75) is 19.8 Å². The van der Waals surface area contributed by atoms with Crippen molar-refractivity contribution in [3.8, 4) is 6.01 Å². The van der Waals surface area contributed by atoms with E-state index in [0.29, 0.717) is 6.42 Å². The van der Waals surface area contributed by atoms with Crippen LogP contribution < -0.4 is 4.74 Å². The molecule has 1 rings (SSSR count). The largest absolute Gasteiger partial charge is 0.391 e. The lowest BCUT2D eigenvalue weighted by molar-refractivity contribution is -0.135. The van der Waals surface area contributed by atoms with Crippen molar-refractivity contribution in [1.29, 1.82) is 0 Å². The Morgan fingerprint density at radius 2 is 2.50 bits per heavy atom. The molecule has 5 heteroatoms. The van der Waals surface area contributed by atoms with Crippen LogP contribution in [0.3, 0.4) is 0 Å². The Morgan fingerprint density at radius 3 is 3.00 bits per heavy atom. The summed E-state index contributed by atoms with van der Waals surface area (Å²) < 4.78 is 6.29. The molecule has 1 aromatic rings. The number of ether oxygens (including phenoxy) is 1. The summed E-state index contributed by atoms with van der Waals surface area (Å²) in [5, 5.41) is 3.76. The zero-order valence-electron chi connectivity index (χ0n) is 7.15. The summed E-state index contributed by atoms with van der Waals surface area (Å²) in [6.45, 7) is 1.91. The molecule has 12 heavy (non-hydrogen) atoms. The van der Waals surface area contributed by atoms with Gasteiger partial charge >= 0.3 is 12.0 Å². The highest BCUT2D eigenvalue weighted by atomic mass is 16.6. The first-order valence-electron chi connectivity index (χ1n) is 3.78. The summed E-state index contributed by atoms with van der Waals surface area (Å²) >= 11 is 0. The Labute approximate surface area is 70.4 Å². The van der Waals surface area contributed by atoms with Gasteiger partial charge in [0, 0.05) is 13.5 Å². The second kappa shape index (κ2) is 3.85. The molecule has 0 N–H and O–H groups in total. The SMILES string of the molecule is CCCC(=O)Oc1ncnn1C. The summed E-state index contributed by atoms with van der Waals surface area (Å²) in [7, 11) is 1.67. The van der Waals surface area contributed by atoms with Crippen molar-refractivity contribution < 1.29 is 9.53 Å². The summed E-state index contributed by atoms with van der Waals surface area (Å²) in [5.74, 6) is -0.270. The van der Waals surface area contributed by atoms with Crippen molar-refractivity contribution >= 4 is 5.97 Å². The lowest BCUT2D eigenvalue weighted by Crippen LogP contribution is -2.10. The van der Waals surface area contributed by atoms with Crippen LogP contribution in [-0.2, 0) is 11.8 Å². The monoisotopic (exact) mass is 169 g/mol. The first kappa shape index (κ1) is 8.70. The molecule has 0 radical (unpaired) electrons. The lowest BCUT2D eigenvalue weighted by Gasteiger charge is -1.99. The van der Waals surface area contributed by atoms with Gasteiger partial charge in [0.25, 0.3) is 0 Å². The van der Waals surface area contributed by atoms with E-state index in [4.69, 9.17) is 4.74 Å². The first-order chi connectivity index (χ1) is 5.74. The highest BCUT2D eigenvalue weighted by molar-refractivity contribution is 5.71. The van der Waals surface area contributed by atoms with E-state index in [1.807, 2.05) is 6.92 Å². The molecule has 0 saturated carbocycles. The number of nitrogens with zero attached hydrogens (tertiary/aromatic N) is 3. The average molecular weight is 169 g/mol. The third-order valence-corrected chi connectivity index (χ3v) is 1.33. The van der Waals surface area contributed by atoms with Crippen molar-refractivity contribution in [2.75, 3.05) is 0 Å². The number of carbonyl (C=O) groups is 1. The van der Waals surface area contributed by atoms with Crippen molar-refractivity contribution in [3.05, 3.63) is 6.33 Å². The molecule has 1 aromatic heterocycles. The molecule has 5 nitrogen and oxygen atoms in total. The Bertz CT molecular complexity index is 269. The third-order valence-electron chi connectivity index (χ3n) is 1.33. The van der Waals surface area contributed by atoms with E-state index in [2.05, 4.69) is 10.1 Å². The van der Waals surface area contributed by atoms with Crippen molar-refractivity contribution in [1.82, 2.24) is 14.8 Å². The van der Waals surface area contributed by atoms with E-state index in [0.717, 1.165) is 6.42 Å². The molecule has 0 amide bonds. The van der Waals surface area contributed by atoms with Crippen molar-refractivity contribution in [2.24, 2.45) is 7.05 Å². The van der Waals surface area contributed by atoms with Crippen LogP contribution >= 0.6 is 0 Å². The second-order valence-electron chi connectivity index (χ2n) is 2.39. The molecular weight excluding hydrogens is 158 g/mol. The van der Waals surface area contributed by atoms with Gasteiger partial charge in [0.2, 0.25) is 0 Å². The Hall–Kier alpha value is -1.39. The summed E-state index contributed by atoms with van der Waals surface area (Å²) in [4.78, 5) is 14.7. The summed E-state index contributed by atoms with van der Waals surface area (Å²) in [6.07, 6.45) is 2.53. The number of hydrogen-bond donors (Lipinski definition) is 0. The first-order valence-corrected chi connectivity index (χ1v) is 3.78. The Balaban J connectivity index is 2.52. The molecule has 0 aliphatic heterocycles. The number of esters is 1. The molecule has 0 unspecified atom stereocenters. The van der Waals surface area contributed by atoms with Crippen LogP contribution in [0.15, 0.2) is 6.33 Å². The fraction of sp³-hybridized carbons (Fsp3) is 0.571. The smallest absolute Gasteiger partial charge is 0.322 e. The topological polar surface area (TPSA) is 57.0 Å². The summed E-state index contributed by atoms with van der Waals surface area (Å²) in [6, 6.07) is 0.244. The minimum Gasteiger partial charge on any atom is -0.391 e. The van der Waals surface area contributed by atoms with Gasteiger partial charge in [-0.05, 0) is 6.42 Å². The fourth-order valence-corrected chi connectivity index (χ4v) is 0.735. The Kier molecular flexibility index (Phi) is 2.79. The minimum atomic E-state index is -0.270. The van der Waals surface area contributed by atoms with Crippen LogP contribution in [0, 0.1) is 0 Å². The van der Waals surface area contributed by atoms with E-state index < -0.39 is 0 Å². The maximum atomic E-state index is 11.0. The van der Waals surface area contributed by atoms with Crippen LogP contribution in [0.4, 0.5) is 0 Å². The molecular formula is C7H11N3O2. The normalized spacial score (nSPS) is 9.83. The van der Waals surface area contributed by atoms with Crippen LogP contribution in [0.5, 0.6) is 6.01 Å². The van der Waals surface area contributed by atoms with Crippen LogP contribution in [0.1, 0.15) is 19.8 Å². The van der Waals surface area contributed by atoms with Crippen LogP contribution in [-0.4, -0.2) is 20.7 Å². The van der Waals surface area contributed by atoms with Gasteiger partial charge in [-0.2, -0.15) is 10.1 Å². The predicted molar refractivity (Wildman–Crippen MR) is 41.5 cm³/mol. The molecule has 0 aliphatic carbocycles. The maximum Gasteiger partial charge on any atom is 0.322 e. The third kappa shape index (κ3) is 2.05. The zero-order valence-corrected chi connectivity index (χ0v) is 7.15. The highest BCUT2D eigenvalue weighted by Gasteiger charge is 2.07. The molecule has 0 aliphatic rings. The molecule has 0 atom stereocenters. The number of rotatable bonds is 3. The number of aryl methyl sites for hydroxylation is 1. The quantitative estimate of drug-likeness (QED) is 0.619. The van der Waals surface area contributed by atoms with Gasteiger partial charge in [-0.15, -0.1) is 0 Å². The van der Waals surface area contributed by atoms with Crippen LogP contribution in [0.25, 0.3) is 0 Å². The Morgan fingerprint density at radius 1 is 1.75 bits per heavy atom. The molecule has 0 saturated heterocycles. The lowest BCUT2D eigenvalue weighted by atomic mass is 10.3. The predicted octanol–water partition coefficient (Wildman–Crippen LogP) is 0.521. The van der Waals surface area contributed by atoms with Gasteiger partial charge in [-0.1, -0.05) is 6.92 Å². The van der Waals surface area contributed by atoms with Gasteiger partial charge in [0.1, 0.15) is 6.33 Å². The second-order valence-corrected chi connectivity index (χ2v) is 2.39. The molecule has 66 valence electrons. The van der Waals surface area contributed by atoms with Gasteiger partial charge in [-0.3, -0.25) is 4.79 Å². The summed E-state index contributed by atoms with van der Waals surface area (Å²) in [5.41, 5.74) is 0. The molecule has 0 fully saturated rings. The standard InChI is InChI=1S/C7H11N3O2/c1-3-4-6(11)12-7-8-5-9-10(7)2/h5H,3-4H2,1-2H3. The number of carbonyl (C=O) groups excluding carboxylic acids is 1. The van der Waals surface area contributed by atoms with E-state index in [-0.39, 0.29) is 12.0 Å². The number of hydrogen-bond acceptors (Lipinski definition) is 4. The van der Waals surface area contributed by atoms with E-state index in [1.54, 1.807) is 7.05 Å². The molecule has 0 bridgehead atoms. The van der Waals surface area contributed by atoms with Gasteiger partial charge in [-0.25, -0.2) is 4.68 Å². The maximum absolute atomic E-state index is 11.0. The zero-order chi connectivity index (χ0) is 8.97. The number of aromatic nitrogens is 3. The van der Waals surface area contributed by atoms with Crippen molar-refractivity contribution in [3.63, 3.8) is 0 Å². The molecule has 0 aromatic carbocycles. The van der Waals surface area contributed by atoms with Crippen LogP contribution in [0.2, 0.25) is 0 Å². The van der Waals surface area contributed by atoms with Gasteiger partial charge < -0.3 is 4.74 Å². The minimum absolute atomic E-state index is 0.244. The molecule has 0 spiro atoms. The van der Waals surface area contributed by atoms with Gasteiger partial charge in [0.05, 0.1) is 0 Å². The average Bonchev–Trinajstić information content (AvgIpc) is 2.37. The highest BCUT2D eigenvalue weighted by Crippen LogP contribution is 2.03. The van der Waals surface area contributed by atoms with Gasteiger partial charge in [0.15, 0.2) is 0 Å². The van der Waals surface area contributed by atoms with E-state index in [9.17, 15) is 4.79 Å². The van der Waals surface area contributed by atoms with E-state index >= 15 is 0 Å².